The minimum absolute atomic E-state index is 0.234. The minimum Gasteiger partial charge on any atom is -0.448 e. The maximum atomic E-state index is 11.7. The van der Waals surface area contributed by atoms with E-state index in [1.165, 1.54) is 0 Å². The predicted molar refractivity (Wildman–Crippen MR) is 61.3 cm³/mol. The number of hydrogen-bond donors (Lipinski definition) is 0. The van der Waals surface area contributed by atoms with Crippen LogP contribution in [0.4, 0.5) is 4.79 Å². The Balaban J connectivity index is 2.63. The van der Waals surface area contributed by atoms with Gasteiger partial charge in [0, 0.05) is 0 Å². The van der Waals surface area contributed by atoms with Crippen molar-refractivity contribution in [2.45, 2.75) is 13.8 Å². The highest BCUT2D eigenvalue weighted by molar-refractivity contribution is 5.89. The molecule has 1 aromatic carbocycles. The molecule has 92 valence electrons. The summed E-state index contributed by atoms with van der Waals surface area (Å²) in [4.78, 5) is 27.9. The van der Waals surface area contributed by atoms with Gasteiger partial charge >= 0.3 is 12.1 Å². The van der Waals surface area contributed by atoms with Crippen LogP contribution in [0, 0.1) is 0 Å². The second kappa shape index (κ2) is 6.52. The SMILES string of the molecule is CCOC(=O)N(CC)OC(=O)c1ccccc1. The molecule has 1 amide bonds. The van der Waals surface area contributed by atoms with Crippen molar-refractivity contribution in [3.63, 3.8) is 0 Å². The van der Waals surface area contributed by atoms with Crippen LogP contribution in [0.25, 0.3) is 0 Å². The van der Waals surface area contributed by atoms with Crippen LogP contribution in [0.1, 0.15) is 24.2 Å². The molecule has 0 N–H and O–H groups in total. The number of ether oxygens (including phenoxy) is 1. The monoisotopic (exact) mass is 237 g/mol. The van der Waals surface area contributed by atoms with Gasteiger partial charge in [-0.1, -0.05) is 18.2 Å². The van der Waals surface area contributed by atoms with Gasteiger partial charge in [-0.05, 0) is 26.0 Å². The van der Waals surface area contributed by atoms with E-state index in [2.05, 4.69) is 0 Å². The van der Waals surface area contributed by atoms with Crippen molar-refractivity contribution in [2.24, 2.45) is 0 Å². The molecular weight excluding hydrogens is 222 g/mol. The second-order valence-electron chi connectivity index (χ2n) is 3.14. The molecule has 0 aromatic heterocycles. The van der Waals surface area contributed by atoms with E-state index in [4.69, 9.17) is 9.57 Å². The fourth-order valence-corrected chi connectivity index (χ4v) is 1.15. The largest absolute Gasteiger partial charge is 0.448 e. The van der Waals surface area contributed by atoms with Crippen molar-refractivity contribution in [3.8, 4) is 0 Å². The molecule has 0 aliphatic heterocycles. The van der Waals surface area contributed by atoms with E-state index in [0.717, 1.165) is 5.06 Å². The zero-order valence-electron chi connectivity index (χ0n) is 9.88. The third-order valence-corrected chi connectivity index (χ3v) is 1.96. The van der Waals surface area contributed by atoms with Crippen molar-refractivity contribution < 1.29 is 19.2 Å². The van der Waals surface area contributed by atoms with Crippen LogP contribution in [-0.2, 0) is 9.57 Å². The molecule has 0 radical (unpaired) electrons. The first-order chi connectivity index (χ1) is 8.19. The molecule has 0 aliphatic rings. The number of benzene rings is 1. The molecular formula is C12H15NO4. The zero-order valence-corrected chi connectivity index (χ0v) is 9.88. The Kier molecular flexibility index (Phi) is 5.00. The summed E-state index contributed by atoms with van der Waals surface area (Å²) >= 11 is 0. The average Bonchev–Trinajstić information content (AvgIpc) is 2.37. The Hall–Kier alpha value is -2.04. The second-order valence-corrected chi connectivity index (χ2v) is 3.14. The van der Waals surface area contributed by atoms with E-state index in [0.29, 0.717) is 5.56 Å². The fourth-order valence-electron chi connectivity index (χ4n) is 1.15. The molecule has 0 bridgehead atoms. The van der Waals surface area contributed by atoms with Gasteiger partial charge < -0.3 is 9.57 Å². The minimum atomic E-state index is -0.667. The van der Waals surface area contributed by atoms with Crippen LogP contribution in [0.5, 0.6) is 0 Å². The first-order valence-corrected chi connectivity index (χ1v) is 5.40. The fraction of sp³-hybridized carbons (Fsp3) is 0.333. The number of nitrogens with zero attached hydrogens (tertiary/aromatic N) is 1. The summed E-state index contributed by atoms with van der Waals surface area (Å²) in [6.07, 6.45) is -0.667. The van der Waals surface area contributed by atoms with E-state index in [-0.39, 0.29) is 13.2 Å². The highest BCUT2D eigenvalue weighted by Crippen LogP contribution is 2.04. The van der Waals surface area contributed by atoms with Gasteiger partial charge in [0.15, 0.2) is 0 Å². The first-order valence-electron chi connectivity index (χ1n) is 5.40. The van der Waals surface area contributed by atoms with E-state index in [1.807, 2.05) is 0 Å². The van der Waals surface area contributed by atoms with E-state index in [1.54, 1.807) is 44.2 Å². The molecule has 0 saturated carbocycles. The molecule has 0 aliphatic carbocycles. The zero-order chi connectivity index (χ0) is 12.7. The maximum Gasteiger partial charge on any atom is 0.443 e. The maximum absolute atomic E-state index is 11.7. The van der Waals surface area contributed by atoms with Gasteiger partial charge in [0.2, 0.25) is 0 Å². The summed E-state index contributed by atoms with van der Waals surface area (Å²) < 4.78 is 4.74. The lowest BCUT2D eigenvalue weighted by Gasteiger charge is -2.18. The van der Waals surface area contributed by atoms with Gasteiger partial charge in [-0.2, -0.15) is 0 Å². The topological polar surface area (TPSA) is 55.8 Å². The smallest absolute Gasteiger partial charge is 0.443 e. The third kappa shape index (κ3) is 3.79. The summed E-state index contributed by atoms with van der Waals surface area (Å²) in [5.41, 5.74) is 0.384. The van der Waals surface area contributed by atoms with Gasteiger partial charge in [-0.15, -0.1) is 5.06 Å². The molecule has 0 saturated heterocycles. The number of hydroxylamine groups is 2. The Morgan fingerprint density at radius 2 is 1.82 bits per heavy atom. The normalized spacial score (nSPS) is 9.53. The van der Waals surface area contributed by atoms with Crippen molar-refractivity contribution in [3.05, 3.63) is 35.9 Å². The van der Waals surface area contributed by atoms with E-state index >= 15 is 0 Å². The summed E-state index contributed by atoms with van der Waals surface area (Å²) in [6, 6.07) is 8.46. The highest BCUT2D eigenvalue weighted by atomic mass is 16.7. The van der Waals surface area contributed by atoms with Crippen LogP contribution in [0.3, 0.4) is 0 Å². The average molecular weight is 237 g/mol. The first kappa shape index (κ1) is 13.0. The molecule has 1 rings (SSSR count). The van der Waals surface area contributed by atoms with Crippen molar-refractivity contribution in [1.82, 2.24) is 5.06 Å². The Labute approximate surface area is 99.9 Å². The highest BCUT2D eigenvalue weighted by Gasteiger charge is 2.18. The standard InChI is InChI=1S/C12H15NO4/c1-3-13(12(15)16-4-2)17-11(14)10-8-6-5-7-9-10/h5-9H,3-4H2,1-2H3. The van der Waals surface area contributed by atoms with Gasteiger partial charge in [-0.3, -0.25) is 0 Å². The molecule has 17 heavy (non-hydrogen) atoms. The quantitative estimate of drug-likeness (QED) is 0.756. The van der Waals surface area contributed by atoms with Gasteiger partial charge in [0.05, 0.1) is 18.7 Å². The summed E-state index contributed by atoms with van der Waals surface area (Å²) in [5, 5.41) is 0.888. The van der Waals surface area contributed by atoms with Gasteiger partial charge in [0.1, 0.15) is 0 Å². The molecule has 0 spiro atoms. The lowest BCUT2D eigenvalue weighted by Crippen LogP contribution is -2.34. The number of rotatable bonds is 3. The van der Waals surface area contributed by atoms with Crippen molar-refractivity contribution in [1.29, 1.82) is 0 Å². The van der Waals surface area contributed by atoms with Gasteiger partial charge in [-0.25, -0.2) is 9.59 Å². The Bertz CT molecular complexity index is 377. The number of carbonyl (C=O) groups excluding carboxylic acids is 2. The summed E-state index contributed by atoms with van der Waals surface area (Å²) in [5.74, 6) is -0.583. The molecule has 0 atom stereocenters. The number of hydrogen-bond acceptors (Lipinski definition) is 4. The molecule has 0 fully saturated rings. The summed E-state index contributed by atoms with van der Waals surface area (Å²) in [7, 11) is 0. The molecule has 0 unspecified atom stereocenters. The third-order valence-electron chi connectivity index (χ3n) is 1.96. The van der Waals surface area contributed by atoms with E-state index < -0.39 is 12.1 Å². The molecule has 0 heterocycles. The Morgan fingerprint density at radius 3 is 2.35 bits per heavy atom. The number of carbonyl (C=O) groups is 2. The van der Waals surface area contributed by atoms with Gasteiger partial charge in [0.25, 0.3) is 0 Å². The lowest BCUT2D eigenvalue weighted by molar-refractivity contribution is -0.0903. The van der Waals surface area contributed by atoms with Crippen molar-refractivity contribution >= 4 is 12.1 Å². The predicted octanol–water partition coefficient (Wildman–Crippen LogP) is 2.24. The molecule has 5 nitrogen and oxygen atoms in total. The van der Waals surface area contributed by atoms with Crippen LogP contribution < -0.4 is 0 Å². The molecule has 1 aromatic rings. The Morgan fingerprint density at radius 1 is 1.18 bits per heavy atom. The van der Waals surface area contributed by atoms with Crippen LogP contribution in [-0.4, -0.2) is 30.3 Å². The number of amides is 1. The lowest BCUT2D eigenvalue weighted by atomic mass is 10.2. The van der Waals surface area contributed by atoms with Crippen LogP contribution in [0.15, 0.2) is 30.3 Å². The summed E-state index contributed by atoms with van der Waals surface area (Å²) in [6.45, 7) is 3.84. The molecule has 5 heteroatoms. The van der Waals surface area contributed by atoms with Crippen molar-refractivity contribution in [2.75, 3.05) is 13.2 Å². The van der Waals surface area contributed by atoms with Crippen LogP contribution in [0.2, 0.25) is 0 Å². The van der Waals surface area contributed by atoms with Crippen LogP contribution >= 0.6 is 0 Å². The van der Waals surface area contributed by atoms with E-state index in [9.17, 15) is 9.59 Å².